The van der Waals surface area contributed by atoms with E-state index in [-0.39, 0.29) is 5.56 Å². The van der Waals surface area contributed by atoms with Crippen molar-refractivity contribution >= 4 is 23.4 Å². The van der Waals surface area contributed by atoms with Crippen LogP contribution in [0.25, 0.3) is 0 Å². The predicted molar refractivity (Wildman–Crippen MR) is 73.2 cm³/mol. The van der Waals surface area contributed by atoms with Crippen LogP contribution in [-0.4, -0.2) is 24.0 Å². The van der Waals surface area contributed by atoms with Gasteiger partial charge in [-0.25, -0.2) is 8.78 Å². The van der Waals surface area contributed by atoms with Crippen LogP contribution in [0.3, 0.4) is 0 Å². The van der Waals surface area contributed by atoms with Gasteiger partial charge in [0.2, 0.25) is 0 Å². The number of carbonyl (C=O) groups excluding carboxylic acids is 1. The molecule has 19 heavy (non-hydrogen) atoms. The van der Waals surface area contributed by atoms with Crippen LogP contribution in [0.15, 0.2) is 12.1 Å². The van der Waals surface area contributed by atoms with Crippen LogP contribution in [0.4, 0.5) is 14.5 Å². The summed E-state index contributed by atoms with van der Waals surface area (Å²) in [5.41, 5.74) is 4.57. The number of hydrogen-bond donors (Lipinski definition) is 2. The highest BCUT2D eigenvalue weighted by Gasteiger charge is 2.17. The van der Waals surface area contributed by atoms with E-state index in [1.54, 1.807) is 0 Å². The van der Waals surface area contributed by atoms with Crippen molar-refractivity contribution in [1.82, 2.24) is 5.32 Å². The molecule has 0 bridgehead atoms. The summed E-state index contributed by atoms with van der Waals surface area (Å²) < 4.78 is 26.5. The maximum Gasteiger partial charge on any atom is 0.251 e. The fraction of sp³-hybridized carbons (Fsp3) is 0.462. The lowest BCUT2D eigenvalue weighted by atomic mass is 10.0. The number of nitrogens with one attached hydrogen (secondary N) is 1. The molecule has 0 atom stereocenters. The standard InChI is InChI=1S/C13H16F2N2OS/c14-10-5-9(6-11(15)12(10)16)13(18)17-7-8-1-3-19-4-2-8/h5-6,8H,1-4,7,16H2,(H,17,18). The quantitative estimate of drug-likeness (QED) is 0.839. The second-order valence-electron chi connectivity index (χ2n) is 4.62. The molecule has 1 aromatic carbocycles. The van der Waals surface area contributed by atoms with E-state index in [4.69, 9.17) is 5.73 Å². The van der Waals surface area contributed by atoms with Crippen molar-refractivity contribution in [3.05, 3.63) is 29.3 Å². The summed E-state index contributed by atoms with van der Waals surface area (Å²) in [5.74, 6) is 0.389. The third-order valence-corrected chi connectivity index (χ3v) is 4.28. The second kappa shape index (κ2) is 6.23. The van der Waals surface area contributed by atoms with Crippen molar-refractivity contribution in [2.24, 2.45) is 5.92 Å². The number of nitrogens with two attached hydrogens (primary N) is 1. The fourth-order valence-electron chi connectivity index (χ4n) is 2.01. The zero-order valence-electron chi connectivity index (χ0n) is 10.4. The summed E-state index contributed by atoms with van der Waals surface area (Å²) in [6.07, 6.45) is 2.13. The van der Waals surface area contributed by atoms with Crippen molar-refractivity contribution < 1.29 is 13.6 Å². The van der Waals surface area contributed by atoms with Crippen LogP contribution >= 0.6 is 11.8 Å². The zero-order valence-corrected chi connectivity index (χ0v) is 11.2. The van der Waals surface area contributed by atoms with Crippen LogP contribution in [0.1, 0.15) is 23.2 Å². The number of thioether (sulfide) groups is 1. The molecule has 0 saturated carbocycles. The molecule has 1 fully saturated rings. The molecule has 3 nitrogen and oxygen atoms in total. The van der Waals surface area contributed by atoms with E-state index in [9.17, 15) is 13.6 Å². The van der Waals surface area contributed by atoms with Gasteiger partial charge in [0.05, 0.1) is 0 Å². The molecular formula is C13H16F2N2OS. The van der Waals surface area contributed by atoms with Gasteiger partial charge in [-0.15, -0.1) is 0 Å². The number of nitrogen functional groups attached to an aromatic ring is 1. The zero-order chi connectivity index (χ0) is 13.8. The van der Waals surface area contributed by atoms with Crippen molar-refractivity contribution in [1.29, 1.82) is 0 Å². The van der Waals surface area contributed by atoms with Crippen molar-refractivity contribution in [2.45, 2.75) is 12.8 Å². The number of anilines is 1. The van der Waals surface area contributed by atoms with Crippen molar-refractivity contribution in [3.63, 3.8) is 0 Å². The fourth-order valence-corrected chi connectivity index (χ4v) is 3.21. The van der Waals surface area contributed by atoms with Gasteiger partial charge in [0, 0.05) is 12.1 Å². The van der Waals surface area contributed by atoms with E-state index < -0.39 is 23.2 Å². The highest BCUT2D eigenvalue weighted by Crippen LogP contribution is 2.22. The summed E-state index contributed by atoms with van der Waals surface area (Å²) >= 11 is 1.91. The topological polar surface area (TPSA) is 55.1 Å². The molecule has 1 aliphatic rings. The Bertz CT molecular complexity index is 453. The number of hydrogen-bond acceptors (Lipinski definition) is 3. The van der Waals surface area contributed by atoms with Gasteiger partial charge in [0.25, 0.3) is 5.91 Å². The second-order valence-corrected chi connectivity index (χ2v) is 5.84. The largest absolute Gasteiger partial charge is 0.394 e. The van der Waals surface area contributed by atoms with Gasteiger partial charge in [-0.2, -0.15) is 11.8 Å². The SMILES string of the molecule is Nc1c(F)cc(C(=O)NCC2CCSCC2)cc1F. The van der Waals surface area contributed by atoms with Gasteiger partial charge in [0.15, 0.2) is 0 Å². The van der Waals surface area contributed by atoms with E-state index in [2.05, 4.69) is 5.32 Å². The Morgan fingerprint density at radius 3 is 2.47 bits per heavy atom. The third kappa shape index (κ3) is 3.59. The average molecular weight is 286 g/mol. The molecule has 6 heteroatoms. The summed E-state index contributed by atoms with van der Waals surface area (Å²) in [6, 6.07) is 1.93. The lowest BCUT2D eigenvalue weighted by Gasteiger charge is -2.21. The number of rotatable bonds is 3. The molecule has 0 unspecified atom stereocenters. The smallest absolute Gasteiger partial charge is 0.251 e. The molecule has 0 aliphatic carbocycles. The molecule has 0 aromatic heterocycles. The summed E-state index contributed by atoms with van der Waals surface area (Å²) in [4.78, 5) is 11.8. The Balaban J connectivity index is 1.96. The minimum absolute atomic E-state index is 0.0330. The molecular weight excluding hydrogens is 270 g/mol. The molecule has 1 aromatic rings. The Labute approximate surface area is 114 Å². The molecule has 2 rings (SSSR count). The van der Waals surface area contributed by atoms with Gasteiger partial charge >= 0.3 is 0 Å². The first kappa shape index (κ1) is 14.1. The van der Waals surface area contributed by atoms with E-state index in [1.165, 1.54) is 0 Å². The number of benzene rings is 1. The van der Waals surface area contributed by atoms with Crippen LogP contribution in [0, 0.1) is 17.6 Å². The molecule has 1 aliphatic heterocycles. The lowest BCUT2D eigenvalue weighted by Crippen LogP contribution is -2.31. The van der Waals surface area contributed by atoms with Crippen molar-refractivity contribution in [2.75, 3.05) is 23.8 Å². The van der Waals surface area contributed by atoms with E-state index in [0.717, 1.165) is 36.5 Å². The van der Waals surface area contributed by atoms with Gasteiger partial charge in [-0.3, -0.25) is 4.79 Å². The van der Waals surface area contributed by atoms with Crippen LogP contribution in [-0.2, 0) is 0 Å². The Hall–Kier alpha value is -1.30. The van der Waals surface area contributed by atoms with Crippen LogP contribution in [0.2, 0.25) is 0 Å². The maximum absolute atomic E-state index is 13.2. The van der Waals surface area contributed by atoms with Crippen LogP contribution in [0.5, 0.6) is 0 Å². The van der Waals surface area contributed by atoms with E-state index >= 15 is 0 Å². The normalized spacial score (nSPS) is 16.3. The minimum atomic E-state index is -0.904. The number of carbonyl (C=O) groups is 1. The highest BCUT2D eigenvalue weighted by molar-refractivity contribution is 7.99. The lowest BCUT2D eigenvalue weighted by molar-refractivity contribution is 0.0945. The summed E-state index contributed by atoms with van der Waals surface area (Å²) in [7, 11) is 0. The molecule has 0 radical (unpaired) electrons. The van der Waals surface area contributed by atoms with Gasteiger partial charge in [-0.1, -0.05) is 0 Å². The molecule has 3 N–H and O–H groups in total. The van der Waals surface area contributed by atoms with Crippen molar-refractivity contribution in [3.8, 4) is 0 Å². The maximum atomic E-state index is 13.2. The monoisotopic (exact) mass is 286 g/mol. The molecule has 0 spiro atoms. The number of halogens is 2. The molecule has 1 amide bonds. The minimum Gasteiger partial charge on any atom is -0.394 e. The van der Waals surface area contributed by atoms with Gasteiger partial charge < -0.3 is 11.1 Å². The van der Waals surface area contributed by atoms with Gasteiger partial charge in [-0.05, 0) is 42.4 Å². The first-order valence-electron chi connectivity index (χ1n) is 6.18. The molecule has 1 heterocycles. The Morgan fingerprint density at radius 1 is 1.32 bits per heavy atom. The van der Waals surface area contributed by atoms with E-state index in [0.29, 0.717) is 12.5 Å². The summed E-state index contributed by atoms with van der Waals surface area (Å²) in [6.45, 7) is 0.549. The highest BCUT2D eigenvalue weighted by atomic mass is 32.2. The Morgan fingerprint density at radius 2 is 1.89 bits per heavy atom. The average Bonchev–Trinajstić information content (AvgIpc) is 2.42. The molecule has 1 saturated heterocycles. The van der Waals surface area contributed by atoms with Gasteiger partial charge in [0.1, 0.15) is 17.3 Å². The third-order valence-electron chi connectivity index (χ3n) is 3.23. The number of amides is 1. The summed E-state index contributed by atoms with van der Waals surface area (Å²) in [5, 5.41) is 2.72. The predicted octanol–water partition coefficient (Wildman–Crippen LogP) is 2.42. The van der Waals surface area contributed by atoms with E-state index in [1.807, 2.05) is 11.8 Å². The first-order valence-corrected chi connectivity index (χ1v) is 7.34. The Kier molecular flexibility index (Phi) is 4.63. The molecule has 104 valence electrons. The first-order chi connectivity index (χ1) is 9.08. The van der Waals surface area contributed by atoms with Crippen LogP contribution < -0.4 is 11.1 Å².